The van der Waals surface area contributed by atoms with Gasteiger partial charge in [0.1, 0.15) is 12.7 Å². The SMILES string of the molecule is O=CC1=C(OCc2ccccc2)C(O)C=CO1. The molecule has 0 aromatic heterocycles. The third-order valence-corrected chi connectivity index (χ3v) is 2.31. The monoisotopic (exact) mass is 232 g/mol. The third kappa shape index (κ3) is 2.73. The molecule has 0 radical (unpaired) electrons. The standard InChI is InChI=1S/C13H12O4/c14-8-12-13(11(15)6-7-16-12)17-9-10-4-2-1-3-5-10/h1-8,11,15H,9H2. The molecule has 0 amide bonds. The van der Waals surface area contributed by atoms with Gasteiger partial charge in [-0.2, -0.15) is 0 Å². The number of carbonyl (C=O) groups excluding carboxylic acids is 1. The number of carbonyl (C=O) groups is 1. The van der Waals surface area contributed by atoms with Gasteiger partial charge in [-0.3, -0.25) is 4.79 Å². The molecule has 0 aliphatic carbocycles. The largest absolute Gasteiger partial charge is 0.486 e. The molecule has 1 heterocycles. The van der Waals surface area contributed by atoms with Gasteiger partial charge < -0.3 is 14.6 Å². The van der Waals surface area contributed by atoms with Crippen LogP contribution in [0.3, 0.4) is 0 Å². The van der Waals surface area contributed by atoms with Gasteiger partial charge in [-0.05, 0) is 11.6 Å². The summed E-state index contributed by atoms with van der Waals surface area (Å²) in [6.45, 7) is 0.280. The molecule has 1 N–H and O–H groups in total. The second-order valence-corrected chi connectivity index (χ2v) is 3.51. The second kappa shape index (κ2) is 5.32. The molecule has 1 unspecified atom stereocenters. The summed E-state index contributed by atoms with van der Waals surface area (Å²) in [5.41, 5.74) is 0.951. The van der Waals surface area contributed by atoms with E-state index in [1.165, 1.54) is 12.3 Å². The summed E-state index contributed by atoms with van der Waals surface area (Å²) < 4.78 is 10.4. The van der Waals surface area contributed by atoms with Crippen molar-refractivity contribution in [2.24, 2.45) is 0 Å². The maximum absolute atomic E-state index is 10.7. The van der Waals surface area contributed by atoms with E-state index in [0.717, 1.165) is 5.56 Å². The number of benzene rings is 1. The molecule has 1 aromatic carbocycles. The Morgan fingerprint density at radius 2 is 2.12 bits per heavy atom. The van der Waals surface area contributed by atoms with Gasteiger partial charge in [0.2, 0.25) is 5.76 Å². The van der Waals surface area contributed by atoms with Crippen molar-refractivity contribution in [1.82, 2.24) is 0 Å². The van der Waals surface area contributed by atoms with Crippen LogP contribution in [0.25, 0.3) is 0 Å². The van der Waals surface area contributed by atoms with Gasteiger partial charge in [0.05, 0.1) is 6.26 Å². The Kier molecular flexibility index (Phi) is 3.57. The van der Waals surface area contributed by atoms with Gasteiger partial charge in [-0.15, -0.1) is 0 Å². The summed E-state index contributed by atoms with van der Waals surface area (Å²) in [4.78, 5) is 10.7. The first-order valence-electron chi connectivity index (χ1n) is 5.18. The fourth-order valence-corrected chi connectivity index (χ4v) is 1.46. The average molecular weight is 232 g/mol. The number of hydrogen-bond acceptors (Lipinski definition) is 4. The van der Waals surface area contributed by atoms with Crippen molar-refractivity contribution >= 4 is 6.29 Å². The smallest absolute Gasteiger partial charge is 0.206 e. The molecule has 88 valence electrons. The lowest BCUT2D eigenvalue weighted by atomic mass is 10.2. The predicted octanol–water partition coefficient (Wildman–Crippen LogP) is 1.52. The van der Waals surface area contributed by atoms with E-state index in [1.54, 1.807) is 0 Å². The molecule has 0 fully saturated rings. The van der Waals surface area contributed by atoms with Gasteiger partial charge in [0, 0.05) is 0 Å². The first kappa shape index (κ1) is 11.4. The molecule has 1 atom stereocenters. The van der Waals surface area contributed by atoms with Crippen LogP contribution in [0.5, 0.6) is 0 Å². The van der Waals surface area contributed by atoms with Crippen LogP contribution in [0.2, 0.25) is 0 Å². The van der Waals surface area contributed by atoms with E-state index in [-0.39, 0.29) is 18.1 Å². The molecule has 4 nitrogen and oxygen atoms in total. The molecule has 4 heteroatoms. The van der Waals surface area contributed by atoms with Crippen LogP contribution in [-0.2, 0) is 20.9 Å². The average Bonchev–Trinajstić information content (AvgIpc) is 2.38. The van der Waals surface area contributed by atoms with Crippen LogP contribution in [0, 0.1) is 0 Å². The minimum atomic E-state index is -0.937. The lowest BCUT2D eigenvalue weighted by Crippen LogP contribution is -2.17. The van der Waals surface area contributed by atoms with Crippen molar-refractivity contribution in [3.05, 3.63) is 59.8 Å². The molecule has 1 aromatic rings. The second-order valence-electron chi connectivity index (χ2n) is 3.51. The number of ether oxygens (including phenoxy) is 2. The maximum atomic E-state index is 10.7. The van der Waals surface area contributed by atoms with Crippen LogP contribution >= 0.6 is 0 Å². The fourth-order valence-electron chi connectivity index (χ4n) is 1.46. The molecule has 1 aliphatic heterocycles. The van der Waals surface area contributed by atoms with Crippen molar-refractivity contribution in [3.8, 4) is 0 Å². The highest BCUT2D eigenvalue weighted by molar-refractivity contribution is 5.72. The van der Waals surface area contributed by atoms with Crippen molar-refractivity contribution in [3.63, 3.8) is 0 Å². The topological polar surface area (TPSA) is 55.8 Å². The first-order valence-corrected chi connectivity index (χ1v) is 5.18. The lowest BCUT2D eigenvalue weighted by molar-refractivity contribution is -0.107. The summed E-state index contributed by atoms with van der Waals surface area (Å²) in [7, 11) is 0. The summed E-state index contributed by atoms with van der Waals surface area (Å²) in [5, 5.41) is 9.64. The molecule has 0 saturated carbocycles. The zero-order valence-corrected chi connectivity index (χ0v) is 9.08. The van der Waals surface area contributed by atoms with Crippen LogP contribution in [0.15, 0.2) is 54.2 Å². The zero-order chi connectivity index (χ0) is 12.1. The maximum Gasteiger partial charge on any atom is 0.206 e. The van der Waals surface area contributed by atoms with Gasteiger partial charge in [0.15, 0.2) is 12.0 Å². The van der Waals surface area contributed by atoms with E-state index in [0.29, 0.717) is 6.29 Å². The molecule has 17 heavy (non-hydrogen) atoms. The van der Waals surface area contributed by atoms with E-state index in [1.807, 2.05) is 30.3 Å². The van der Waals surface area contributed by atoms with Crippen LogP contribution in [0.1, 0.15) is 5.56 Å². The normalized spacial score (nSPS) is 18.8. The van der Waals surface area contributed by atoms with Crippen molar-refractivity contribution in [2.75, 3.05) is 0 Å². The van der Waals surface area contributed by atoms with Gasteiger partial charge in [-0.25, -0.2) is 0 Å². The van der Waals surface area contributed by atoms with Crippen LogP contribution in [0.4, 0.5) is 0 Å². The van der Waals surface area contributed by atoms with Crippen molar-refractivity contribution in [2.45, 2.75) is 12.7 Å². The highest BCUT2D eigenvalue weighted by atomic mass is 16.5. The molecular formula is C13H12O4. The van der Waals surface area contributed by atoms with Gasteiger partial charge in [-0.1, -0.05) is 30.3 Å². The highest BCUT2D eigenvalue weighted by Crippen LogP contribution is 2.19. The van der Waals surface area contributed by atoms with E-state index >= 15 is 0 Å². The molecule has 2 rings (SSSR count). The molecule has 1 aliphatic rings. The molecule has 0 bridgehead atoms. The van der Waals surface area contributed by atoms with Crippen LogP contribution in [-0.4, -0.2) is 17.5 Å². The number of allylic oxidation sites excluding steroid dienone is 1. The third-order valence-electron chi connectivity index (χ3n) is 2.31. The van der Waals surface area contributed by atoms with Crippen molar-refractivity contribution < 1.29 is 19.4 Å². The minimum absolute atomic E-state index is 0.0101. The Hall–Kier alpha value is -2.07. The van der Waals surface area contributed by atoms with E-state index in [9.17, 15) is 9.90 Å². The Balaban J connectivity index is 2.07. The quantitative estimate of drug-likeness (QED) is 0.800. The summed E-state index contributed by atoms with van der Waals surface area (Å²) in [6.07, 6.45) is 2.26. The number of aliphatic hydroxyl groups is 1. The summed E-state index contributed by atoms with van der Waals surface area (Å²) >= 11 is 0. The van der Waals surface area contributed by atoms with Gasteiger partial charge >= 0.3 is 0 Å². The highest BCUT2D eigenvalue weighted by Gasteiger charge is 2.20. The first-order chi connectivity index (χ1) is 8.31. The number of aliphatic hydroxyl groups excluding tert-OH is 1. The molecular weight excluding hydrogens is 220 g/mol. The van der Waals surface area contributed by atoms with Crippen LogP contribution < -0.4 is 0 Å². The van der Waals surface area contributed by atoms with E-state index < -0.39 is 6.10 Å². The molecule has 0 saturated heterocycles. The molecule has 0 spiro atoms. The van der Waals surface area contributed by atoms with E-state index in [2.05, 4.69) is 0 Å². The lowest BCUT2D eigenvalue weighted by Gasteiger charge is -2.18. The Bertz CT molecular complexity index is 448. The Labute approximate surface area is 98.8 Å². The van der Waals surface area contributed by atoms with E-state index in [4.69, 9.17) is 9.47 Å². The van der Waals surface area contributed by atoms with Crippen molar-refractivity contribution in [1.29, 1.82) is 0 Å². The Morgan fingerprint density at radius 3 is 2.82 bits per heavy atom. The summed E-state index contributed by atoms with van der Waals surface area (Å²) in [5.74, 6) is 0.155. The number of rotatable bonds is 4. The van der Waals surface area contributed by atoms with Gasteiger partial charge in [0.25, 0.3) is 0 Å². The number of aldehydes is 1. The fraction of sp³-hybridized carbons (Fsp3) is 0.154. The number of hydrogen-bond donors (Lipinski definition) is 1. The Morgan fingerprint density at radius 1 is 1.35 bits per heavy atom. The summed E-state index contributed by atoms with van der Waals surface area (Å²) in [6, 6.07) is 9.48. The minimum Gasteiger partial charge on any atom is -0.486 e. The zero-order valence-electron chi connectivity index (χ0n) is 9.08. The predicted molar refractivity (Wildman–Crippen MR) is 60.6 cm³/mol.